The number of unbranched alkanes of at least 4 members (excludes halogenated alkanes) is 61. The number of likely N-dealkylation sites (N-methyl/N-ethyl adjacent to an activating group) is 1. The summed E-state index contributed by atoms with van der Waals surface area (Å²) in [6.07, 6.45) is 89.3. The molecular weight excluding hydrogens is 1130 g/mol. The second kappa shape index (κ2) is 73.8. The smallest absolute Gasteiger partial charge is 0.306 e. The van der Waals surface area contributed by atoms with Crippen LogP contribution in [0.2, 0.25) is 0 Å². The van der Waals surface area contributed by atoms with Gasteiger partial charge in [0.1, 0.15) is 13.2 Å². The average molecular weight is 1290 g/mol. The molecule has 9 heteroatoms. The molecule has 0 radical (unpaired) electrons. The number of carbonyl (C=O) groups is 3. The van der Waals surface area contributed by atoms with Crippen LogP contribution < -0.4 is 5.11 Å². The Bertz CT molecular complexity index is 1500. The van der Waals surface area contributed by atoms with Crippen LogP contribution in [0.3, 0.4) is 0 Å². The Labute approximate surface area is 567 Å². The normalized spacial score (nSPS) is 12.6. The van der Waals surface area contributed by atoms with Gasteiger partial charge >= 0.3 is 11.9 Å². The summed E-state index contributed by atoms with van der Waals surface area (Å²) in [7, 11) is 5.95. The minimum atomic E-state index is -1.62. The van der Waals surface area contributed by atoms with E-state index in [0.717, 1.165) is 38.5 Å². The van der Waals surface area contributed by atoms with Crippen LogP contribution in [-0.4, -0.2) is 82.3 Å². The van der Waals surface area contributed by atoms with Gasteiger partial charge in [0.2, 0.25) is 0 Å². The van der Waals surface area contributed by atoms with E-state index in [2.05, 4.69) is 26.0 Å². The van der Waals surface area contributed by atoms with Crippen molar-refractivity contribution in [3.63, 3.8) is 0 Å². The summed E-state index contributed by atoms with van der Waals surface area (Å²) < 4.78 is 22.9. The Morgan fingerprint density at radius 1 is 0.319 bits per heavy atom. The molecule has 0 bridgehead atoms. The molecule has 2 unspecified atom stereocenters. The zero-order valence-electron chi connectivity index (χ0n) is 62.0. The molecule has 0 aliphatic heterocycles. The fourth-order valence-corrected chi connectivity index (χ4v) is 12.8. The minimum absolute atomic E-state index is 0.152. The van der Waals surface area contributed by atoms with E-state index in [1.165, 1.54) is 372 Å². The number of carboxylic acids is 1. The molecule has 0 aliphatic rings. The van der Waals surface area contributed by atoms with Crippen molar-refractivity contribution in [2.75, 3.05) is 47.5 Å². The molecular formula is C82H159NO8. The van der Waals surface area contributed by atoms with Gasteiger partial charge in [0.05, 0.1) is 40.3 Å². The number of nitrogens with zero attached hydrogens (tertiary/aromatic N) is 1. The van der Waals surface area contributed by atoms with Crippen LogP contribution in [0.4, 0.5) is 0 Å². The number of hydrogen-bond acceptors (Lipinski definition) is 8. The van der Waals surface area contributed by atoms with Crippen LogP contribution in [0, 0.1) is 0 Å². The van der Waals surface area contributed by atoms with Gasteiger partial charge in [0, 0.05) is 12.8 Å². The lowest BCUT2D eigenvalue weighted by Crippen LogP contribution is -2.44. The molecule has 0 heterocycles. The van der Waals surface area contributed by atoms with E-state index in [0.29, 0.717) is 17.4 Å². The summed E-state index contributed by atoms with van der Waals surface area (Å²) in [6.45, 7) is 4.84. The highest BCUT2D eigenvalue weighted by atomic mass is 16.7. The number of aliphatic carboxylic acids is 1. The van der Waals surface area contributed by atoms with Crippen LogP contribution in [0.15, 0.2) is 12.2 Å². The van der Waals surface area contributed by atoms with E-state index >= 15 is 0 Å². The van der Waals surface area contributed by atoms with Crippen LogP contribution in [-0.2, 0) is 33.3 Å². The first-order valence-electron chi connectivity index (χ1n) is 40.8. The van der Waals surface area contributed by atoms with Crippen LogP contribution >= 0.6 is 0 Å². The molecule has 0 aromatic rings. The predicted molar refractivity (Wildman–Crippen MR) is 390 cm³/mol. The van der Waals surface area contributed by atoms with E-state index in [-0.39, 0.29) is 32.2 Å². The molecule has 0 aliphatic carbocycles. The maximum Gasteiger partial charge on any atom is 0.306 e. The SMILES string of the molecule is CCCCCCCCCC/C=C\CCCCCCCCCCCCCCCC(=O)OC(COC(=O)CCCCCCCCCCCCCCCCCCCCCCCCCCCCCCCCCCCCCCCCCCC)COC(OCC[N+](C)(C)C)C(=O)[O-]. The standard InChI is InChI=1S/C82H159NO8/c1-6-8-10-12-14-16-18-20-22-24-26-28-30-32-33-34-35-36-37-38-39-40-41-42-43-44-45-46-47-49-50-52-54-56-58-60-62-64-66-68-70-72-79(84)89-76-78(77-90-82(81(86)87)88-75-74-83(3,4)5)91-80(85)73-71-69-67-65-63-61-59-57-55-53-51-48-31-29-27-25-23-21-19-17-15-13-11-9-7-2/h25,27,78,82H,6-24,26,28-77H2,1-5H3/b27-25-. The summed E-state index contributed by atoms with van der Waals surface area (Å²) in [6, 6.07) is 0. The first-order chi connectivity index (χ1) is 44.6. The molecule has 0 aromatic heterocycles. The molecule has 540 valence electrons. The fraction of sp³-hybridized carbons (Fsp3) is 0.939. The summed E-state index contributed by atoms with van der Waals surface area (Å²) >= 11 is 0. The first-order valence-corrected chi connectivity index (χ1v) is 40.8. The van der Waals surface area contributed by atoms with Gasteiger partial charge in [-0.15, -0.1) is 0 Å². The maximum absolute atomic E-state index is 13.0. The third-order valence-electron chi connectivity index (χ3n) is 19.0. The molecule has 2 atom stereocenters. The Morgan fingerprint density at radius 2 is 0.560 bits per heavy atom. The van der Waals surface area contributed by atoms with Gasteiger partial charge in [-0.05, 0) is 38.5 Å². The largest absolute Gasteiger partial charge is 0.545 e. The lowest BCUT2D eigenvalue weighted by Gasteiger charge is -2.26. The Morgan fingerprint density at radius 3 is 0.813 bits per heavy atom. The van der Waals surface area contributed by atoms with Gasteiger partial charge in [0.25, 0.3) is 0 Å². The predicted octanol–water partition coefficient (Wildman–Crippen LogP) is 24.6. The van der Waals surface area contributed by atoms with E-state index in [1.54, 1.807) is 0 Å². The van der Waals surface area contributed by atoms with E-state index < -0.39 is 24.3 Å². The lowest BCUT2D eigenvalue weighted by atomic mass is 10.0. The molecule has 0 N–H and O–H groups in total. The third-order valence-corrected chi connectivity index (χ3v) is 19.0. The molecule has 0 rings (SSSR count). The summed E-state index contributed by atoms with van der Waals surface area (Å²) in [5.41, 5.74) is 0. The number of hydrogen-bond donors (Lipinski definition) is 0. The fourth-order valence-electron chi connectivity index (χ4n) is 12.8. The number of carboxylic acid groups (broad SMARTS) is 1. The third kappa shape index (κ3) is 75.3. The molecule has 0 aromatic carbocycles. The monoisotopic (exact) mass is 1290 g/mol. The van der Waals surface area contributed by atoms with Crippen LogP contribution in [0.25, 0.3) is 0 Å². The first kappa shape index (κ1) is 89.0. The van der Waals surface area contributed by atoms with Gasteiger partial charge < -0.3 is 33.3 Å². The van der Waals surface area contributed by atoms with Crippen molar-refractivity contribution < 1.29 is 42.9 Å². The van der Waals surface area contributed by atoms with Gasteiger partial charge in [-0.3, -0.25) is 9.59 Å². The molecule has 0 saturated carbocycles. The highest BCUT2D eigenvalue weighted by Gasteiger charge is 2.22. The number of esters is 2. The van der Waals surface area contributed by atoms with Crippen molar-refractivity contribution in [1.29, 1.82) is 0 Å². The topological polar surface area (TPSA) is 111 Å². The Balaban J connectivity index is 3.89. The number of allylic oxidation sites excluding steroid dienone is 2. The number of carbonyl (C=O) groups excluding carboxylic acids is 3. The highest BCUT2D eigenvalue weighted by molar-refractivity contribution is 5.70. The van der Waals surface area contributed by atoms with Gasteiger partial charge in [0.15, 0.2) is 12.4 Å². The second-order valence-electron chi connectivity index (χ2n) is 29.4. The zero-order chi connectivity index (χ0) is 66.1. The second-order valence-corrected chi connectivity index (χ2v) is 29.4. The lowest BCUT2D eigenvalue weighted by molar-refractivity contribution is -0.870. The van der Waals surface area contributed by atoms with E-state index in [4.69, 9.17) is 18.9 Å². The number of rotatable bonds is 78. The van der Waals surface area contributed by atoms with E-state index in [9.17, 15) is 19.5 Å². The van der Waals surface area contributed by atoms with Crippen molar-refractivity contribution in [3.05, 3.63) is 12.2 Å². The van der Waals surface area contributed by atoms with Crippen molar-refractivity contribution in [2.45, 2.75) is 450 Å². The highest BCUT2D eigenvalue weighted by Crippen LogP contribution is 2.21. The van der Waals surface area contributed by atoms with Crippen molar-refractivity contribution in [1.82, 2.24) is 0 Å². The molecule has 9 nitrogen and oxygen atoms in total. The van der Waals surface area contributed by atoms with Gasteiger partial charge in [-0.1, -0.05) is 398 Å². The van der Waals surface area contributed by atoms with Crippen molar-refractivity contribution in [3.8, 4) is 0 Å². The van der Waals surface area contributed by atoms with Crippen molar-refractivity contribution in [2.24, 2.45) is 0 Å². The van der Waals surface area contributed by atoms with E-state index in [1.807, 2.05) is 21.1 Å². The number of quaternary nitrogens is 1. The van der Waals surface area contributed by atoms with Crippen molar-refractivity contribution >= 4 is 17.9 Å². The average Bonchev–Trinajstić information content (AvgIpc) is 3.46. The maximum atomic E-state index is 13.0. The zero-order valence-corrected chi connectivity index (χ0v) is 62.0. The Kier molecular flexibility index (Phi) is 72.2. The molecule has 0 saturated heterocycles. The number of ether oxygens (including phenoxy) is 4. The minimum Gasteiger partial charge on any atom is -0.545 e. The molecule has 0 amide bonds. The molecule has 0 fully saturated rings. The molecule has 91 heavy (non-hydrogen) atoms. The molecule has 0 spiro atoms. The Hall–Kier alpha value is -1.97. The summed E-state index contributed by atoms with van der Waals surface area (Å²) in [4.78, 5) is 37.6. The van der Waals surface area contributed by atoms with Gasteiger partial charge in [-0.25, -0.2) is 0 Å². The van der Waals surface area contributed by atoms with Gasteiger partial charge in [-0.2, -0.15) is 0 Å². The van der Waals surface area contributed by atoms with Crippen LogP contribution in [0.1, 0.15) is 438 Å². The summed E-state index contributed by atoms with van der Waals surface area (Å²) in [5.74, 6) is -2.25. The summed E-state index contributed by atoms with van der Waals surface area (Å²) in [5, 5.41) is 11.8. The van der Waals surface area contributed by atoms with Crippen LogP contribution in [0.5, 0.6) is 0 Å². The quantitative estimate of drug-likeness (QED) is 0.0195.